The van der Waals surface area contributed by atoms with Crippen molar-refractivity contribution in [3.05, 3.63) is 28.8 Å². The lowest BCUT2D eigenvalue weighted by Gasteiger charge is -2.14. The van der Waals surface area contributed by atoms with Crippen molar-refractivity contribution in [3.63, 3.8) is 0 Å². The Labute approximate surface area is 106 Å². The van der Waals surface area contributed by atoms with E-state index < -0.39 is 5.97 Å². The highest BCUT2D eigenvalue weighted by molar-refractivity contribution is 6.33. The Morgan fingerprint density at radius 3 is 2.59 bits per heavy atom. The van der Waals surface area contributed by atoms with Gasteiger partial charge in [-0.25, -0.2) is 4.79 Å². The molecule has 0 radical (unpaired) electrons. The molecule has 1 N–H and O–H groups in total. The van der Waals surface area contributed by atoms with Gasteiger partial charge in [-0.3, -0.25) is 0 Å². The zero-order valence-electron chi connectivity index (χ0n) is 10.1. The average molecular weight is 257 g/mol. The lowest BCUT2D eigenvalue weighted by Crippen LogP contribution is -2.10. The van der Waals surface area contributed by atoms with Gasteiger partial charge in [-0.2, -0.15) is 0 Å². The number of benzene rings is 1. The Bertz CT molecular complexity index is 386. The summed E-state index contributed by atoms with van der Waals surface area (Å²) in [5.41, 5.74) is 0.0775. The average Bonchev–Trinajstić information content (AvgIpc) is 2.32. The van der Waals surface area contributed by atoms with Gasteiger partial charge >= 0.3 is 5.97 Å². The van der Waals surface area contributed by atoms with E-state index in [1.165, 1.54) is 6.07 Å². The molecule has 17 heavy (non-hydrogen) atoms. The van der Waals surface area contributed by atoms with Crippen LogP contribution in [0, 0.1) is 5.92 Å². The second-order valence-electron chi connectivity index (χ2n) is 3.94. The second kappa shape index (κ2) is 6.50. The van der Waals surface area contributed by atoms with Crippen LogP contribution in [0.1, 0.15) is 37.0 Å². The Hall–Kier alpha value is -1.22. The molecule has 1 aromatic carbocycles. The highest BCUT2D eigenvalue weighted by atomic mass is 35.5. The number of carbonyl (C=O) groups is 1. The summed E-state index contributed by atoms with van der Waals surface area (Å²) in [5.74, 6) is 0.0145. The predicted molar refractivity (Wildman–Crippen MR) is 68.0 cm³/mol. The molecule has 4 heteroatoms. The van der Waals surface area contributed by atoms with E-state index in [0.717, 1.165) is 12.8 Å². The molecule has 1 rings (SSSR count). The molecule has 0 atom stereocenters. The molecule has 94 valence electrons. The summed E-state index contributed by atoms with van der Waals surface area (Å²) >= 11 is 5.77. The maximum Gasteiger partial charge on any atom is 0.337 e. The first kappa shape index (κ1) is 13.8. The topological polar surface area (TPSA) is 46.5 Å². The van der Waals surface area contributed by atoms with Crippen LogP contribution in [0.2, 0.25) is 5.02 Å². The van der Waals surface area contributed by atoms with E-state index in [-0.39, 0.29) is 10.6 Å². The zero-order valence-corrected chi connectivity index (χ0v) is 10.8. The normalized spacial score (nSPS) is 10.6. The van der Waals surface area contributed by atoms with Gasteiger partial charge in [-0.05, 0) is 24.1 Å². The zero-order chi connectivity index (χ0) is 12.8. The third-order valence-electron chi connectivity index (χ3n) is 2.81. The van der Waals surface area contributed by atoms with Crippen molar-refractivity contribution < 1.29 is 14.6 Å². The van der Waals surface area contributed by atoms with E-state index in [4.69, 9.17) is 21.4 Å². The number of hydrogen-bond donors (Lipinski definition) is 1. The molecular formula is C13H17ClO3. The van der Waals surface area contributed by atoms with Gasteiger partial charge in [0.15, 0.2) is 0 Å². The second-order valence-corrected chi connectivity index (χ2v) is 4.35. The summed E-state index contributed by atoms with van der Waals surface area (Å²) in [4.78, 5) is 10.9. The van der Waals surface area contributed by atoms with E-state index in [9.17, 15) is 4.79 Å². The standard InChI is InChI=1S/C13H17ClO3/c1-3-9(4-2)8-17-10-5-6-12(14)11(7-10)13(15)16/h5-7,9H,3-4,8H2,1-2H3,(H,15,16). The van der Waals surface area contributed by atoms with Crippen molar-refractivity contribution >= 4 is 17.6 Å². The Kier molecular flexibility index (Phi) is 5.29. The quantitative estimate of drug-likeness (QED) is 0.841. The van der Waals surface area contributed by atoms with Crippen molar-refractivity contribution in [2.75, 3.05) is 6.61 Å². The molecule has 0 aliphatic carbocycles. The summed E-state index contributed by atoms with van der Waals surface area (Å²) < 4.78 is 5.57. The number of hydrogen-bond acceptors (Lipinski definition) is 2. The molecule has 0 aliphatic rings. The third-order valence-corrected chi connectivity index (χ3v) is 3.14. The van der Waals surface area contributed by atoms with Gasteiger partial charge in [0.1, 0.15) is 5.75 Å². The summed E-state index contributed by atoms with van der Waals surface area (Å²) in [6, 6.07) is 4.71. The molecule has 0 amide bonds. The van der Waals surface area contributed by atoms with Crippen molar-refractivity contribution in [3.8, 4) is 5.75 Å². The molecule has 0 saturated carbocycles. The lowest BCUT2D eigenvalue weighted by atomic mass is 10.1. The predicted octanol–water partition coefficient (Wildman–Crippen LogP) is 3.85. The SMILES string of the molecule is CCC(CC)COc1ccc(Cl)c(C(=O)O)c1. The van der Waals surface area contributed by atoms with Crippen LogP contribution in [0.25, 0.3) is 0 Å². The maximum absolute atomic E-state index is 10.9. The van der Waals surface area contributed by atoms with Gasteiger partial charge in [0, 0.05) is 0 Å². The first-order valence-corrected chi connectivity index (χ1v) is 6.11. The van der Waals surface area contributed by atoms with Gasteiger partial charge < -0.3 is 9.84 Å². The smallest absolute Gasteiger partial charge is 0.337 e. The molecule has 0 heterocycles. The van der Waals surface area contributed by atoms with Crippen molar-refractivity contribution in [2.45, 2.75) is 26.7 Å². The number of carboxylic acid groups (broad SMARTS) is 1. The van der Waals surface area contributed by atoms with Crippen LogP contribution in [0.15, 0.2) is 18.2 Å². The van der Waals surface area contributed by atoms with Crippen LogP contribution in [0.5, 0.6) is 5.75 Å². The molecule has 0 spiro atoms. The summed E-state index contributed by atoms with van der Waals surface area (Å²) in [7, 11) is 0. The summed E-state index contributed by atoms with van der Waals surface area (Å²) in [5, 5.41) is 9.15. The van der Waals surface area contributed by atoms with E-state index >= 15 is 0 Å². The first-order chi connectivity index (χ1) is 8.08. The van der Waals surface area contributed by atoms with Crippen LogP contribution in [-0.2, 0) is 0 Å². The molecule has 0 saturated heterocycles. The molecule has 0 aromatic heterocycles. The Balaban J connectivity index is 2.72. The third kappa shape index (κ3) is 3.93. The minimum atomic E-state index is -1.04. The highest BCUT2D eigenvalue weighted by Crippen LogP contribution is 2.23. The molecule has 3 nitrogen and oxygen atoms in total. The molecule has 0 fully saturated rings. The molecule has 0 unspecified atom stereocenters. The summed E-state index contributed by atoms with van der Waals surface area (Å²) in [6.45, 7) is 4.83. The number of rotatable bonds is 6. The molecular weight excluding hydrogens is 240 g/mol. The monoisotopic (exact) mass is 256 g/mol. The van der Waals surface area contributed by atoms with Gasteiger partial charge in [0.25, 0.3) is 0 Å². The molecule has 1 aromatic rings. The minimum absolute atomic E-state index is 0.0775. The maximum atomic E-state index is 10.9. The minimum Gasteiger partial charge on any atom is -0.493 e. The number of aromatic carboxylic acids is 1. The first-order valence-electron chi connectivity index (χ1n) is 5.74. The van der Waals surface area contributed by atoms with Crippen molar-refractivity contribution in [1.82, 2.24) is 0 Å². The van der Waals surface area contributed by atoms with Crippen LogP contribution in [0.4, 0.5) is 0 Å². The summed E-state index contributed by atoms with van der Waals surface area (Å²) in [6.07, 6.45) is 2.10. The van der Waals surface area contributed by atoms with Crippen LogP contribution >= 0.6 is 11.6 Å². The van der Waals surface area contributed by atoms with Gasteiger partial charge in [-0.1, -0.05) is 38.3 Å². The molecule has 0 aliphatic heterocycles. The van der Waals surface area contributed by atoms with Gasteiger partial charge in [-0.15, -0.1) is 0 Å². The fourth-order valence-electron chi connectivity index (χ4n) is 1.50. The van der Waals surface area contributed by atoms with Gasteiger partial charge in [0.2, 0.25) is 0 Å². The van der Waals surface area contributed by atoms with E-state index in [1.807, 2.05) is 0 Å². The number of halogens is 1. The van der Waals surface area contributed by atoms with Crippen LogP contribution in [-0.4, -0.2) is 17.7 Å². The fraction of sp³-hybridized carbons (Fsp3) is 0.462. The van der Waals surface area contributed by atoms with E-state index in [2.05, 4.69) is 13.8 Å². The van der Waals surface area contributed by atoms with E-state index in [1.54, 1.807) is 12.1 Å². The highest BCUT2D eigenvalue weighted by Gasteiger charge is 2.11. The van der Waals surface area contributed by atoms with Crippen molar-refractivity contribution in [2.24, 2.45) is 5.92 Å². The Morgan fingerprint density at radius 2 is 2.06 bits per heavy atom. The number of carboxylic acids is 1. The van der Waals surface area contributed by atoms with Crippen LogP contribution in [0.3, 0.4) is 0 Å². The van der Waals surface area contributed by atoms with Crippen LogP contribution < -0.4 is 4.74 Å². The number of ether oxygens (including phenoxy) is 1. The fourth-order valence-corrected chi connectivity index (χ4v) is 1.69. The van der Waals surface area contributed by atoms with Crippen molar-refractivity contribution in [1.29, 1.82) is 0 Å². The van der Waals surface area contributed by atoms with E-state index in [0.29, 0.717) is 18.3 Å². The largest absolute Gasteiger partial charge is 0.493 e. The Morgan fingerprint density at radius 1 is 1.41 bits per heavy atom. The lowest BCUT2D eigenvalue weighted by molar-refractivity contribution is 0.0696. The molecule has 0 bridgehead atoms. The van der Waals surface area contributed by atoms with Gasteiger partial charge in [0.05, 0.1) is 17.2 Å².